The van der Waals surface area contributed by atoms with Crippen molar-refractivity contribution < 1.29 is 19.4 Å². The molecule has 116 valence electrons. The number of carbonyl (C=O) groups is 1. The molecule has 1 aliphatic carbocycles. The van der Waals surface area contributed by atoms with Crippen molar-refractivity contribution in [1.29, 1.82) is 0 Å². The SMILES string of the molecule is COc1cccc(C2(C(=O)O)CCCCC2)c1OC(C)C. The van der Waals surface area contributed by atoms with Crippen molar-refractivity contribution in [2.24, 2.45) is 0 Å². The zero-order valence-corrected chi connectivity index (χ0v) is 13.0. The van der Waals surface area contributed by atoms with Crippen LogP contribution in [0.25, 0.3) is 0 Å². The quantitative estimate of drug-likeness (QED) is 0.897. The minimum atomic E-state index is -0.850. The van der Waals surface area contributed by atoms with Gasteiger partial charge in [-0.2, -0.15) is 0 Å². The number of aliphatic carboxylic acids is 1. The molecule has 1 saturated carbocycles. The largest absolute Gasteiger partial charge is 0.493 e. The van der Waals surface area contributed by atoms with Crippen molar-refractivity contribution in [1.82, 2.24) is 0 Å². The number of hydrogen-bond acceptors (Lipinski definition) is 3. The summed E-state index contributed by atoms with van der Waals surface area (Å²) in [7, 11) is 1.58. The van der Waals surface area contributed by atoms with E-state index in [1.807, 2.05) is 32.0 Å². The van der Waals surface area contributed by atoms with E-state index >= 15 is 0 Å². The van der Waals surface area contributed by atoms with Crippen LogP contribution in [0.3, 0.4) is 0 Å². The molecule has 0 aromatic heterocycles. The Morgan fingerprint density at radius 1 is 1.24 bits per heavy atom. The molecule has 0 amide bonds. The maximum absolute atomic E-state index is 12.0. The number of methoxy groups -OCH3 is 1. The Labute approximate surface area is 126 Å². The highest BCUT2D eigenvalue weighted by Gasteiger charge is 2.44. The van der Waals surface area contributed by atoms with Crippen molar-refractivity contribution in [2.75, 3.05) is 7.11 Å². The fourth-order valence-electron chi connectivity index (χ4n) is 3.16. The Morgan fingerprint density at radius 2 is 1.90 bits per heavy atom. The van der Waals surface area contributed by atoms with Gasteiger partial charge in [0.15, 0.2) is 11.5 Å². The minimum absolute atomic E-state index is 0.0329. The lowest BCUT2D eigenvalue weighted by Gasteiger charge is -2.35. The first-order valence-electron chi connectivity index (χ1n) is 7.59. The third-order valence-corrected chi connectivity index (χ3v) is 4.18. The molecule has 0 spiro atoms. The molecule has 1 aliphatic rings. The van der Waals surface area contributed by atoms with Gasteiger partial charge in [0.2, 0.25) is 0 Å². The van der Waals surface area contributed by atoms with Gasteiger partial charge in [0.25, 0.3) is 0 Å². The molecule has 0 heterocycles. The Bertz CT molecular complexity index is 502. The van der Waals surface area contributed by atoms with Gasteiger partial charge >= 0.3 is 5.97 Å². The topological polar surface area (TPSA) is 55.8 Å². The van der Waals surface area contributed by atoms with Gasteiger partial charge in [-0.05, 0) is 32.8 Å². The van der Waals surface area contributed by atoms with Crippen LogP contribution in [0.4, 0.5) is 0 Å². The molecule has 0 aliphatic heterocycles. The molecule has 2 rings (SSSR count). The van der Waals surface area contributed by atoms with E-state index in [2.05, 4.69) is 0 Å². The highest BCUT2D eigenvalue weighted by molar-refractivity contribution is 5.83. The van der Waals surface area contributed by atoms with Crippen LogP contribution in [0.15, 0.2) is 18.2 Å². The molecule has 4 heteroatoms. The van der Waals surface area contributed by atoms with Crippen LogP contribution in [-0.4, -0.2) is 24.3 Å². The van der Waals surface area contributed by atoms with E-state index in [4.69, 9.17) is 9.47 Å². The van der Waals surface area contributed by atoms with E-state index in [0.717, 1.165) is 24.8 Å². The summed E-state index contributed by atoms with van der Waals surface area (Å²) in [5.41, 5.74) is -0.0976. The van der Waals surface area contributed by atoms with Crippen LogP contribution in [0.5, 0.6) is 11.5 Å². The zero-order chi connectivity index (χ0) is 15.5. The van der Waals surface area contributed by atoms with Crippen molar-refractivity contribution in [3.05, 3.63) is 23.8 Å². The molecule has 0 radical (unpaired) electrons. The first-order valence-corrected chi connectivity index (χ1v) is 7.59. The first kappa shape index (κ1) is 15.7. The molecule has 0 saturated heterocycles. The molecular weight excluding hydrogens is 268 g/mol. The summed E-state index contributed by atoms with van der Waals surface area (Å²) >= 11 is 0. The predicted molar refractivity (Wildman–Crippen MR) is 81.2 cm³/mol. The average Bonchev–Trinajstić information content (AvgIpc) is 2.47. The molecule has 1 aromatic carbocycles. The second-order valence-electron chi connectivity index (χ2n) is 5.95. The van der Waals surface area contributed by atoms with E-state index in [-0.39, 0.29) is 6.10 Å². The van der Waals surface area contributed by atoms with Crippen LogP contribution in [0.2, 0.25) is 0 Å². The first-order chi connectivity index (χ1) is 10.0. The van der Waals surface area contributed by atoms with Crippen molar-refractivity contribution in [2.45, 2.75) is 57.5 Å². The number of carboxylic acids is 1. The van der Waals surface area contributed by atoms with Crippen LogP contribution in [-0.2, 0) is 10.2 Å². The molecular formula is C17H24O4. The third kappa shape index (κ3) is 2.99. The second kappa shape index (κ2) is 6.37. The van der Waals surface area contributed by atoms with Gasteiger partial charge < -0.3 is 14.6 Å². The molecule has 0 unspecified atom stereocenters. The van der Waals surface area contributed by atoms with Crippen molar-refractivity contribution in [3.63, 3.8) is 0 Å². The second-order valence-corrected chi connectivity index (χ2v) is 5.95. The van der Waals surface area contributed by atoms with Gasteiger partial charge in [-0.3, -0.25) is 4.79 Å². The highest BCUT2D eigenvalue weighted by atomic mass is 16.5. The summed E-state index contributed by atoms with van der Waals surface area (Å²) in [6.07, 6.45) is 4.25. The molecule has 1 aromatic rings. The smallest absolute Gasteiger partial charge is 0.314 e. The maximum Gasteiger partial charge on any atom is 0.314 e. The Kier molecular flexibility index (Phi) is 4.76. The number of carboxylic acid groups (broad SMARTS) is 1. The number of ether oxygens (including phenoxy) is 2. The fraction of sp³-hybridized carbons (Fsp3) is 0.588. The highest BCUT2D eigenvalue weighted by Crippen LogP contribution is 2.46. The molecule has 0 atom stereocenters. The molecule has 21 heavy (non-hydrogen) atoms. The predicted octanol–water partition coefficient (Wildman–Crippen LogP) is 3.77. The van der Waals surface area contributed by atoms with Gasteiger partial charge in [-0.15, -0.1) is 0 Å². The summed E-state index contributed by atoms with van der Waals surface area (Å²) < 4.78 is 11.3. The van der Waals surface area contributed by atoms with Crippen LogP contribution >= 0.6 is 0 Å². The van der Waals surface area contributed by atoms with Gasteiger partial charge in [0, 0.05) is 5.56 Å². The van der Waals surface area contributed by atoms with E-state index in [1.165, 1.54) is 0 Å². The number of rotatable bonds is 5. The lowest BCUT2D eigenvalue weighted by Crippen LogP contribution is -2.38. The van der Waals surface area contributed by atoms with E-state index in [0.29, 0.717) is 24.3 Å². The average molecular weight is 292 g/mol. The molecule has 1 fully saturated rings. The zero-order valence-electron chi connectivity index (χ0n) is 13.0. The summed E-state index contributed by atoms with van der Waals surface area (Å²) in [6, 6.07) is 5.54. The number of benzene rings is 1. The standard InChI is InChI=1S/C17H24O4/c1-12(2)21-15-13(8-7-9-14(15)20-3)17(16(18)19)10-5-4-6-11-17/h7-9,12H,4-6,10-11H2,1-3H3,(H,18,19). The summed E-state index contributed by atoms with van der Waals surface area (Å²) in [5, 5.41) is 9.87. The summed E-state index contributed by atoms with van der Waals surface area (Å²) in [6.45, 7) is 3.87. The van der Waals surface area contributed by atoms with Gasteiger partial charge in [-0.1, -0.05) is 31.4 Å². The third-order valence-electron chi connectivity index (χ3n) is 4.18. The number of hydrogen-bond donors (Lipinski definition) is 1. The molecule has 0 bridgehead atoms. The molecule has 4 nitrogen and oxygen atoms in total. The Balaban J connectivity index is 2.56. The van der Waals surface area contributed by atoms with Crippen LogP contribution in [0, 0.1) is 0 Å². The van der Waals surface area contributed by atoms with Crippen molar-refractivity contribution in [3.8, 4) is 11.5 Å². The van der Waals surface area contributed by atoms with E-state index < -0.39 is 11.4 Å². The van der Waals surface area contributed by atoms with Gasteiger partial charge in [-0.25, -0.2) is 0 Å². The lowest BCUT2D eigenvalue weighted by atomic mass is 9.69. The lowest BCUT2D eigenvalue weighted by molar-refractivity contribution is -0.145. The van der Waals surface area contributed by atoms with Gasteiger partial charge in [0.05, 0.1) is 18.6 Å². The Morgan fingerprint density at radius 3 is 2.43 bits per heavy atom. The van der Waals surface area contributed by atoms with Crippen LogP contribution < -0.4 is 9.47 Å². The van der Waals surface area contributed by atoms with Crippen LogP contribution in [0.1, 0.15) is 51.5 Å². The van der Waals surface area contributed by atoms with E-state index in [1.54, 1.807) is 7.11 Å². The Hall–Kier alpha value is -1.71. The van der Waals surface area contributed by atoms with Crippen molar-refractivity contribution >= 4 is 5.97 Å². The summed E-state index contributed by atoms with van der Waals surface area (Å²) in [4.78, 5) is 12.0. The van der Waals surface area contributed by atoms with E-state index in [9.17, 15) is 9.90 Å². The monoisotopic (exact) mass is 292 g/mol. The number of para-hydroxylation sites is 1. The fourth-order valence-corrected chi connectivity index (χ4v) is 3.16. The van der Waals surface area contributed by atoms with Gasteiger partial charge in [0.1, 0.15) is 0 Å². The minimum Gasteiger partial charge on any atom is -0.493 e. The molecule has 1 N–H and O–H groups in total. The maximum atomic E-state index is 12.0. The normalized spacial score (nSPS) is 17.5. The summed E-state index contributed by atoms with van der Waals surface area (Å²) in [5.74, 6) is 0.427.